The normalized spacial score (nSPS) is 60.9. The zero-order chi connectivity index (χ0) is 12.8. The number of hydrogen-bond donors (Lipinski definition) is 1. The van der Waals surface area contributed by atoms with E-state index in [4.69, 9.17) is 9.47 Å². The molecule has 1 spiro atoms. The number of ether oxygens (including phenoxy) is 2. The van der Waals surface area contributed by atoms with Gasteiger partial charge in [-0.2, -0.15) is 0 Å². The fraction of sp³-hybridized carbons (Fsp3) is 0.867. The van der Waals surface area contributed by atoms with Crippen LogP contribution in [0.1, 0.15) is 46.5 Å². The highest BCUT2D eigenvalue weighted by molar-refractivity contribution is 5.34. The molecular weight excluding hydrogens is 228 g/mol. The molecule has 2 bridgehead atoms. The van der Waals surface area contributed by atoms with E-state index < -0.39 is 11.4 Å². The summed E-state index contributed by atoms with van der Waals surface area (Å²) in [7, 11) is 0. The molecule has 0 amide bonds. The van der Waals surface area contributed by atoms with Crippen molar-refractivity contribution in [3.63, 3.8) is 0 Å². The number of hydrogen-bond acceptors (Lipinski definition) is 3. The van der Waals surface area contributed by atoms with Crippen molar-refractivity contribution in [1.29, 1.82) is 0 Å². The van der Waals surface area contributed by atoms with Crippen molar-refractivity contribution in [2.45, 2.75) is 63.9 Å². The minimum atomic E-state index is -0.575. The monoisotopic (exact) mass is 250 g/mol. The van der Waals surface area contributed by atoms with Crippen LogP contribution < -0.4 is 0 Å². The number of rotatable bonds is 1. The summed E-state index contributed by atoms with van der Waals surface area (Å²) >= 11 is 0. The molecule has 4 aliphatic rings. The first-order valence-corrected chi connectivity index (χ1v) is 7.10. The molecular formula is C15H22O3. The van der Waals surface area contributed by atoms with E-state index in [2.05, 4.69) is 26.8 Å². The van der Waals surface area contributed by atoms with Crippen molar-refractivity contribution in [3.05, 3.63) is 11.6 Å². The van der Waals surface area contributed by atoms with Crippen molar-refractivity contribution in [3.8, 4) is 0 Å². The summed E-state index contributed by atoms with van der Waals surface area (Å²) in [4.78, 5) is 0. The maximum Gasteiger partial charge on any atom is 0.195 e. The van der Waals surface area contributed by atoms with Crippen LogP contribution in [0.3, 0.4) is 0 Å². The Morgan fingerprint density at radius 2 is 2.11 bits per heavy atom. The van der Waals surface area contributed by atoms with Gasteiger partial charge in [-0.1, -0.05) is 19.4 Å². The first-order chi connectivity index (χ1) is 8.43. The number of aliphatic hydroxyl groups is 1. The second-order valence-electron chi connectivity index (χ2n) is 7.12. The van der Waals surface area contributed by atoms with E-state index in [0.29, 0.717) is 0 Å². The molecule has 2 heterocycles. The van der Waals surface area contributed by atoms with Gasteiger partial charge >= 0.3 is 0 Å². The minimum absolute atomic E-state index is 0.00472. The molecule has 0 aromatic heterocycles. The summed E-state index contributed by atoms with van der Waals surface area (Å²) in [6, 6.07) is 0. The second-order valence-corrected chi connectivity index (χ2v) is 7.12. The molecule has 4 rings (SSSR count). The standard InChI is InChI=1S/C15H22O3/c1-10-4-6-13(3)12(2)7-5-11-14(12,9-16)18-15(13,8-10)17-11/h8,11,16H,4-7,9H2,1-3H3/t11-,12-,13-,14-,15?/m1/s1. The van der Waals surface area contributed by atoms with Gasteiger partial charge in [0.25, 0.3) is 0 Å². The summed E-state index contributed by atoms with van der Waals surface area (Å²) in [5.74, 6) is -0.575. The Hall–Kier alpha value is -0.380. The Labute approximate surface area is 108 Å². The van der Waals surface area contributed by atoms with Crippen molar-refractivity contribution >= 4 is 0 Å². The quantitative estimate of drug-likeness (QED) is 0.726. The third-order valence-corrected chi connectivity index (χ3v) is 6.69. The fourth-order valence-electron chi connectivity index (χ4n) is 5.25. The lowest BCUT2D eigenvalue weighted by Crippen LogP contribution is -2.60. The molecule has 1 unspecified atom stereocenters. The first kappa shape index (κ1) is 11.4. The van der Waals surface area contributed by atoms with E-state index in [9.17, 15) is 5.11 Å². The van der Waals surface area contributed by atoms with Gasteiger partial charge in [0.15, 0.2) is 5.79 Å². The van der Waals surface area contributed by atoms with Crippen LogP contribution in [-0.2, 0) is 9.47 Å². The molecule has 3 fully saturated rings. The van der Waals surface area contributed by atoms with Gasteiger partial charge in [0.05, 0.1) is 12.7 Å². The van der Waals surface area contributed by atoms with Gasteiger partial charge in [-0.3, -0.25) is 0 Å². The average Bonchev–Trinajstić information content (AvgIpc) is 2.82. The van der Waals surface area contributed by atoms with Gasteiger partial charge in [0.1, 0.15) is 5.60 Å². The van der Waals surface area contributed by atoms with Crippen molar-refractivity contribution in [2.75, 3.05) is 6.61 Å². The highest BCUT2D eigenvalue weighted by atomic mass is 16.8. The summed E-state index contributed by atoms with van der Waals surface area (Å²) in [5, 5.41) is 9.99. The summed E-state index contributed by atoms with van der Waals surface area (Å²) in [6.45, 7) is 6.85. The third kappa shape index (κ3) is 0.825. The lowest BCUT2D eigenvalue weighted by molar-refractivity contribution is -0.199. The summed E-state index contributed by atoms with van der Waals surface area (Å²) in [6.07, 6.45) is 6.59. The molecule has 100 valence electrons. The van der Waals surface area contributed by atoms with Crippen molar-refractivity contribution in [1.82, 2.24) is 0 Å². The van der Waals surface area contributed by atoms with Gasteiger partial charge in [-0.15, -0.1) is 0 Å². The zero-order valence-electron chi connectivity index (χ0n) is 11.5. The smallest absolute Gasteiger partial charge is 0.195 e. The predicted molar refractivity (Wildman–Crippen MR) is 66.9 cm³/mol. The van der Waals surface area contributed by atoms with E-state index in [0.717, 1.165) is 25.7 Å². The zero-order valence-corrected chi connectivity index (χ0v) is 11.5. The topological polar surface area (TPSA) is 38.7 Å². The Balaban J connectivity index is 1.98. The van der Waals surface area contributed by atoms with Crippen molar-refractivity contribution in [2.24, 2.45) is 10.8 Å². The molecule has 2 aliphatic heterocycles. The maximum absolute atomic E-state index is 9.99. The van der Waals surface area contributed by atoms with E-state index in [1.807, 2.05) is 0 Å². The number of allylic oxidation sites excluding steroid dienone is 1. The van der Waals surface area contributed by atoms with Gasteiger partial charge in [0, 0.05) is 10.8 Å². The van der Waals surface area contributed by atoms with E-state index in [1.165, 1.54) is 5.57 Å². The first-order valence-electron chi connectivity index (χ1n) is 7.10. The Morgan fingerprint density at radius 3 is 2.83 bits per heavy atom. The molecule has 3 nitrogen and oxygen atoms in total. The largest absolute Gasteiger partial charge is 0.393 e. The van der Waals surface area contributed by atoms with Gasteiger partial charge in [-0.05, 0) is 38.7 Å². The van der Waals surface area contributed by atoms with Crippen LogP contribution in [0.4, 0.5) is 0 Å². The molecule has 18 heavy (non-hydrogen) atoms. The summed E-state index contributed by atoms with van der Waals surface area (Å²) < 4.78 is 12.7. The van der Waals surface area contributed by atoms with Gasteiger partial charge in [-0.25, -0.2) is 0 Å². The van der Waals surface area contributed by atoms with Crippen molar-refractivity contribution < 1.29 is 14.6 Å². The Bertz CT molecular complexity index is 459. The van der Waals surface area contributed by atoms with E-state index >= 15 is 0 Å². The third-order valence-electron chi connectivity index (χ3n) is 6.69. The lowest BCUT2D eigenvalue weighted by Gasteiger charge is -2.53. The minimum Gasteiger partial charge on any atom is -0.393 e. The van der Waals surface area contributed by atoms with Crippen LogP contribution in [0.15, 0.2) is 11.6 Å². The average molecular weight is 250 g/mol. The van der Waals surface area contributed by atoms with Crippen LogP contribution in [0, 0.1) is 10.8 Å². The van der Waals surface area contributed by atoms with Crippen LogP contribution in [0.2, 0.25) is 0 Å². The number of fused-ring (bicyclic) bond motifs is 1. The van der Waals surface area contributed by atoms with Crippen LogP contribution in [0.25, 0.3) is 0 Å². The lowest BCUT2D eigenvalue weighted by atomic mass is 9.53. The second kappa shape index (κ2) is 2.87. The Kier molecular flexibility index (Phi) is 1.82. The molecule has 3 heteroatoms. The van der Waals surface area contributed by atoms with Crippen LogP contribution in [0.5, 0.6) is 0 Å². The molecule has 0 radical (unpaired) electrons. The van der Waals surface area contributed by atoms with Gasteiger partial charge in [0.2, 0.25) is 0 Å². The van der Waals surface area contributed by atoms with Crippen LogP contribution >= 0.6 is 0 Å². The SMILES string of the molecule is CC1=CC23O[C@@H]4CC[C@](C)([C@@]2(C)CC1)[C@]4(CO)O3. The van der Waals surface area contributed by atoms with Gasteiger partial charge < -0.3 is 14.6 Å². The Morgan fingerprint density at radius 1 is 1.33 bits per heavy atom. The molecule has 1 saturated carbocycles. The highest BCUT2D eigenvalue weighted by Crippen LogP contribution is 2.77. The predicted octanol–water partition coefficient (Wildman–Crippen LogP) is 2.39. The highest BCUT2D eigenvalue weighted by Gasteiger charge is 2.84. The van der Waals surface area contributed by atoms with Crippen LogP contribution in [-0.4, -0.2) is 29.2 Å². The molecule has 5 atom stereocenters. The molecule has 2 saturated heterocycles. The van der Waals surface area contributed by atoms with E-state index in [-0.39, 0.29) is 23.5 Å². The molecule has 0 aromatic carbocycles. The number of aliphatic hydroxyl groups excluding tert-OH is 1. The molecule has 0 aromatic rings. The summed E-state index contributed by atoms with van der Waals surface area (Å²) in [5.41, 5.74) is 0.915. The molecule has 2 aliphatic carbocycles. The molecule has 1 N–H and O–H groups in total. The van der Waals surface area contributed by atoms with E-state index in [1.54, 1.807) is 0 Å². The fourth-order valence-corrected chi connectivity index (χ4v) is 5.25. The maximum atomic E-state index is 9.99.